The van der Waals surface area contributed by atoms with Gasteiger partial charge in [0, 0.05) is 6.07 Å². The standard InChI is InChI=1S/C17H21FN4O2/c1-21(2)8-7-14(12-3-5-13(18)6-4-12)19-17(23)15-11-16-22(20-15)9-10-24-16/h3-6,11,14H,7-10H2,1-2H3,(H,19,23). The molecule has 0 radical (unpaired) electrons. The molecule has 1 atom stereocenters. The van der Waals surface area contributed by atoms with E-state index in [0.29, 0.717) is 31.1 Å². The van der Waals surface area contributed by atoms with Gasteiger partial charge < -0.3 is 15.0 Å². The van der Waals surface area contributed by atoms with E-state index in [1.54, 1.807) is 22.9 Å². The molecular formula is C17H21FN4O2. The van der Waals surface area contributed by atoms with E-state index >= 15 is 0 Å². The monoisotopic (exact) mass is 332 g/mol. The molecule has 0 saturated carbocycles. The lowest BCUT2D eigenvalue weighted by atomic mass is 10.0. The number of fused-ring (bicyclic) bond motifs is 1. The van der Waals surface area contributed by atoms with Crippen LogP contribution in [0.5, 0.6) is 5.88 Å². The van der Waals surface area contributed by atoms with Crippen LogP contribution in [0.2, 0.25) is 0 Å². The second-order valence-electron chi connectivity index (χ2n) is 6.11. The number of benzene rings is 1. The summed E-state index contributed by atoms with van der Waals surface area (Å²) in [6.45, 7) is 2.04. The topological polar surface area (TPSA) is 59.4 Å². The third-order valence-electron chi connectivity index (χ3n) is 3.97. The first-order chi connectivity index (χ1) is 11.5. The van der Waals surface area contributed by atoms with Gasteiger partial charge in [-0.3, -0.25) is 4.79 Å². The average molecular weight is 332 g/mol. The number of hydrogen-bond donors (Lipinski definition) is 1. The SMILES string of the molecule is CN(C)CCC(NC(=O)c1cc2n(n1)CCO2)c1ccc(F)cc1. The maximum atomic E-state index is 13.2. The predicted molar refractivity (Wildman–Crippen MR) is 87.5 cm³/mol. The maximum absolute atomic E-state index is 13.2. The summed E-state index contributed by atoms with van der Waals surface area (Å²) < 4.78 is 20.2. The Morgan fingerprint density at radius 2 is 2.17 bits per heavy atom. The van der Waals surface area contributed by atoms with Crippen LogP contribution in [0.25, 0.3) is 0 Å². The Morgan fingerprint density at radius 1 is 1.42 bits per heavy atom. The molecule has 0 aliphatic carbocycles. The summed E-state index contributed by atoms with van der Waals surface area (Å²) in [5.41, 5.74) is 1.20. The molecule has 24 heavy (non-hydrogen) atoms. The summed E-state index contributed by atoms with van der Waals surface area (Å²) in [7, 11) is 3.95. The molecule has 6 nitrogen and oxygen atoms in total. The number of ether oxygens (including phenoxy) is 1. The molecule has 128 valence electrons. The highest BCUT2D eigenvalue weighted by atomic mass is 19.1. The molecule has 3 rings (SSSR count). The minimum Gasteiger partial charge on any atom is -0.476 e. The zero-order valence-electron chi connectivity index (χ0n) is 13.8. The molecule has 1 amide bonds. The summed E-state index contributed by atoms with van der Waals surface area (Å²) in [6.07, 6.45) is 0.717. The van der Waals surface area contributed by atoms with Crippen molar-refractivity contribution in [3.8, 4) is 5.88 Å². The number of nitrogens with zero attached hydrogens (tertiary/aromatic N) is 3. The van der Waals surface area contributed by atoms with Crippen molar-refractivity contribution < 1.29 is 13.9 Å². The molecule has 0 bridgehead atoms. The number of hydrogen-bond acceptors (Lipinski definition) is 4. The fourth-order valence-corrected chi connectivity index (χ4v) is 2.66. The molecular weight excluding hydrogens is 311 g/mol. The first kappa shape index (κ1) is 16.4. The highest BCUT2D eigenvalue weighted by Crippen LogP contribution is 2.21. The molecule has 1 unspecified atom stereocenters. The van der Waals surface area contributed by atoms with Crippen LogP contribution in [0.1, 0.15) is 28.5 Å². The molecule has 7 heteroatoms. The number of nitrogens with one attached hydrogen (secondary N) is 1. The Hall–Kier alpha value is -2.41. The van der Waals surface area contributed by atoms with Crippen LogP contribution in [-0.4, -0.2) is 47.8 Å². The van der Waals surface area contributed by atoms with E-state index < -0.39 is 0 Å². The van der Waals surface area contributed by atoms with Gasteiger partial charge in [-0.2, -0.15) is 5.10 Å². The van der Waals surface area contributed by atoms with Crippen LogP contribution in [-0.2, 0) is 6.54 Å². The molecule has 1 aliphatic heterocycles. The van der Waals surface area contributed by atoms with E-state index in [9.17, 15) is 9.18 Å². The lowest BCUT2D eigenvalue weighted by Gasteiger charge is -2.21. The molecule has 2 heterocycles. The molecule has 2 aromatic rings. The predicted octanol–water partition coefficient (Wildman–Crippen LogP) is 1.84. The van der Waals surface area contributed by atoms with Crippen molar-refractivity contribution in [2.75, 3.05) is 27.2 Å². The zero-order valence-corrected chi connectivity index (χ0v) is 13.8. The van der Waals surface area contributed by atoms with Crippen molar-refractivity contribution in [2.45, 2.75) is 19.0 Å². The number of carbonyl (C=O) groups is 1. The van der Waals surface area contributed by atoms with Gasteiger partial charge in [0.25, 0.3) is 5.91 Å². The summed E-state index contributed by atoms with van der Waals surface area (Å²) in [4.78, 5) is 14.6. The van der Waals surface area contributed by atoms with Gasteiger partial charge in [0.15, 0.2) is 5.69 Å². The van der Waals surface area contributed by atoms with Crippen LogP contribution in [0.3, 0.4) is 0 Å². The van der Waals surface area contributed by atoms with E-state index in [1.165, 1.54) is 12.1 Å². The number of amides is 1. The van der Waals surface area contributed by atoms with E-state index in [0.717, 1.165) is 12.1 Å². The smallest absolute Gasteiger partial charge is 0.272 e. The van der Waals surface area contributed by atoms with Gasteiger partial charge in [0.05, 0.1) is 12.6 Å². The van der Waals surface area contributed by atoms with Crippen molar-refractivity contribution in [3.63, 3.8) is 0 Å². The summed E-state index contributed by atoms with van der Waals surface area (Å²) in [6, 6.07) is 7.65. The summed E-state index contributed by atoms with van der Waals surface area (Å²) in [5, 5.41) is 7.25. The van der Waals surface area contributed by atoms with Gasteiger partial charge in [-0.25, -0.2) is 9.07 Å². The third kappa shape index (κ3) is 3.73. The summed E-state index contributed by atoms with van der Waals surface area (Å²) >= 11 is 0. The van der Waals surface area contributed by atoms with Crippen LogP contribution in [0.15, 0.2) is 30.3 Å². The minimum atomic E-state index is -0.292. The van der Waals surface area contributed by atoms with Gasteiger partial charge in [-0.15, -0.1) is 0 Å². The van der Waals surface area contributed by atoms with E-state index in [2.05, 4.69) is 10.4 Å². The van der Waals surface area contributed by atoms with Crippen LogP contribution in [0, 0.1) is 5.82 Å². The Kier molecular flexibility index (Phi) is 4.80. The molecule has 1 aliphatic rings. The van der Waals surface area contributed by atoms with Crippen molar-refractivity contribution >= 4 is 5.91 Å². The second-order valence-corrected chi connectivity index (χ2v) is 6.11. The van der Waals surface area contributed by atoms with E-state index in [4.69, 9.17) is 4.74 Å². The second kappa shape index (κ2) is 7.00. The lowest BCUT2D eigenvalue weighted by molar-refractivity contribution is 0.0926. The Bertz CT molecular complexity index is 690. The molecule has 1 aromatic carbocycles. The molecule has 1 N–H and O–H groups in total. The highest BCUT2D eigenvalue weighted by Gasteiger charge is 2.22. The number of carbonyl (C=O) groups excluding carboxylic acids is 1. The zero-order chi connectivity index (χ0) is 17.1. The van der Waals surface area contributed by atoms with Gasteiger partial charge in [0.2, 0.25) is 5.88 Å². The maximum Gasteiger partial charge on any atom is 0.272 e. The Morgan fingerprint density at radius 3 is 2.83 bits per heavy atom. The Balaban J connectivity index is 1.74. The van der Waals surface area contributed by atoms with Crippen molar-refractivity contribution in [1.29, 1.82) is 0 Å². The quantitative estimate of drug-likeness (QED) is 0.877. The normalized spacial score (nSPS) is 14.3. The molecule has 0 saturated heterocycles. The van der Waals surface area contributed by atoms with E-state index in [-0.39, 0.29) is 17.8 Å². The fraction of sp³-hybridized carbons (Fsp3) is 0.412. The van der Waals surface area contributed by atoms with Gasteiger partial charge >= 0.3 is 0 Å². The van der Waals surface area contributed by atoms with Crippen LogP contribution >= 0.6 is 0 Å². The first-order valence-corrected chi connectivity index (χ1v) is 7.94. The lowest BCUT2D eigenvalue weighted by Crippen LogP contribution is -2.31. The number of halogens is 1. The highest BCUT2D eigenvalue weighted by molar-refractivity contribution is 5.92. The first-order valence-electron chi connectivity index (χ1n) is 7.94. The third-order valence-corrected chi connectivity index (χ3v) is 3.97. The fourth-order valence-electron chi connectivity index (χ4n) is 2.66. The Labute approximate surface area is 140 Å². The largest absolute Gasteiger partial charge is 0.476 e. The number of aromatic nitrogens is 2. The molecule has 0 spiro atoms. The van der Waals surface area contributed by atoms with Gasteiger partial charge in [-0.1, -0.05) is 12.1 Å². The van der Waals surface area contributed by atoms with Crippen LogP contribution in [0.4, 0.5) is 4.39 Å². The molecule has 0 fully saturated rings. The summed E-state index contributed by atoms with van der Waals surface area (Å²) in [5.74, 6) is 0.0690. The van der Waals surface area contributed by atoms with Crippen molar-refractivity contribution in [2.24, 2.45) is 0 Å². The van der Waals surface area contributed by atoms with E-state index in [1.807, 2.05) is 19.0 Å². The van der Waals surface area contributed by atoms with Crippen LogP contribution < -0.4 is 10.1 Å². The van der Waals surface area contributed by atoms with Gasteiger partial charge in [-0.05, 0) is 44.8 Å². The minimum absolute atomic E-state index is 0.210. The molecule has 1 aromatic heterocycles. The average Bonchev–Trinajstić information content (AvgIpc) is 3.13. The van der Waals surface area contributed by atoms with Gasteiger partial charge in [0.1, 0.15) is 12.4 Å². The van der Waals surface area contributed by atoms with Crippen molar-refractivity contribution in [3.05, 3.63) is 47.4 Å². The number of rotatable bonds is 6. The van der Waals surface area contributed by atoms with Crippen molar-refractivity contribution in [1.82, 2.24) is 20.0 Å².